The van der Waals surface area contributed by atoms with Crippen molar-refractivity contribution in [3.05, 3.63) is 65.7 Å². The van der Waals surface area contributed by atoms with Crippen molar-refractivity contribution in [2.45, 2.75) is 57.2 Å². The summed E-state index contributed by atoms with van der Waals surface area (Å²) in [6, 6.07) is 14.6. The molecule has 0 fully saturated rings. The number of aliphatic carboxylic acids is 1. The highest BCUT2D eigenvalue weighted by molar-refractivity contribution is 7.98. The number of fused-ring (bicyclic) bond motifs is 1. The van der Waals surface area contributed by atoms with Crippen LogP contribution in [0.1, 0.15) is 43.7 Å². The number of carbonyl (C=O) groups is 4. The largest absolute Gasteiger partial charge is 0.480 e. The van der Waals surface area contributed by atoms with Crippen molar-refractivity contribution in [3.63, 3.8) is 0 Å². The van der Waals surface area contributed by atoms with Gasteiger partial charge in [-0.25, -0.2) is 4.99 Å². The van der Waals surface area contributed by atoms with Crippen LogP contribution in [0.5, 0.6) is 0 Å². The van der Waals surface area contributed by atoms with Crippen LogP contribution in [-0.2, 0) is 19.2 Å². The number of halogens is 6. The van der Waals surface area contributed by atoms with Gasteiger partial charge in [-0.1, -0.05) is 55.5 Å². The van der Waals surface area contributed by atoms with E-state index in [1.165, 1.54) is 11.9 Å². The van der Waals surface area contributed by atoms with Gasteiger partial charge in [0, 0.05) is 49.1 Å². The molecule has 2 aromatic carbocycles. The lowest BCUT2D eigenvalue weighted by Gasteiger charge is -2.23. The van der Waals surface area contributed by atoms with E-state index >= 15 is 0 Å². The van der Waals surface area contributed by atoms with Gasteiger partial charge in [0.05, 0.1) is 11.4 Å². The number of nitrogens with zero attached hydrogens (tertiary/aromatic N) is 2. The first-order valence-corrected chi connectivity index (χ1v) is 14.7. The number of para-hydroxylation sites is 1. The number of carboxylic acids is 1. The van der Waals surface area contributed by atoms with Crippen molar-refractivity contribution < 1.29 is 50.6 Å². The van der Waals surface area contributed by atoms with Crippen LogP contribution in [0, 0.1) is 5.92 Å². The predicted molar refractivity (Wildman–Crippen MR) is 160 cm³/mol. The lowest BCUT2D eigenvalue weighted by atomic mass is 9.97. The molecule has 1 aliphatic heterocycles. The summed E-state index contributed by atoms with van der Waals surface area (Å²) < 4.78 is 73.7. The maximum absolute atomic E-state index is 13.3. The summed E-state index contributed by atoms with van der Waals surface area (Å²) in [5, 5.41) is 11.3. The van der Waals surface area contributed by atoms with Crippen LogP contribution in [0.4, 0.5) is 32.0 Å². The van der Waals surface area contributed by atoms with E-state index in [0.717, 1.165) is 6.92 Å². The molecule has 0 aliphatic carbocycles. The number of hydrogen-bond acceptors (Lipinski definition) is 7. The molecule has 3 atom stereocenters. The lowest BCUT2D eigenvalue weighted by Crippen LogP contribution is -2.48. The number of anilines is 1. The molecular formula is C29H33F6N5O5S. The first kappa shape index (κ1) is 38.1. The molecule has 1 heterocycles. The van der Waals surface area contributed by atoms with Gasteiger partial charge >= 0.3 is 18.3 Å². The van der Waals surface area contributed by atoms with Gasteiger partial charge in [-0.05, 0) is 24.4 Å². The van der Waals surface area contributed by atoms with Crippen LogP contribution >= 0.6 is 11.9 Å². The van der Waals surface area contributed by atoms with E-state index in [1.54, 1.807) is 54.6 Å². The molecule has 0 saturated heterocycles. The number of alkyl halides is 6. The Bertz CT molecular complexity index is 1390. The summed E-state index contributed by atoms with van der Waals surface area (Å²) in [5.74, 6) is -5.31. The number of amides is 3. The van der Waals surface area contributed by atoms with E-state index in [0.29, 0.717) is 34.5 Å². The van der Waals surface area contributed by atoms with Crippen LogP contribution in [0.15, 0.2) is 59.6 Å². The standard InChI is InChI=1S/C26H28F3N5O5S.C3H5F3/c1-34-19-10-6-5-9-17(19)21(15-7-3-2-4-8-15)31-22(24(34)37)32-23(36)16(11-12-26(27,28)29)13-20(35)33-40-14-18(30)25(38)39;1-2-3(4,5)6/h2-10,16,18,22H,11-14,30H2,1H3,(H,32,36)(H,33,35)(H,38,39);2H2,1H3. The molecule has 3 rings (SSSR count). The molecule has 17 heteroatoms. The number of likely N-dealkylation sites (N-methyl/N-ethyl adjacent to an activating group) is 1. The number of nitrogens with one attached hydrogen (secondary N) is 2. The second-order valence-electron chi connectivity index (χ2n) is 9.97. The molecule has 3 unspecified atom stereocenters. The summed E-state index contributed by atoms with van der Waals surface area (Å²) in [6.45, 7) is 1.08. The molecule has 0 spiro atoms. The average molecular weight is 678 g/mol. The highest BCUT2D eigenvalue weighted by Crippen LogP contribution is 2.29. The topological polar surface area (TPSA) is 154 Å². The molecule has 0 bridgehead atoms. The highest BCUT2D eigenvalue weighted by atomic mass is 32.2. The van der Waals surface area contributed by atoms with E-state index in [4.69, 9.17) is 10.8 Å². The second-order valence-corrected chi connectivity index (χ2v) is 10.8. The van der Waals surface area contributed by atoms with Gasteiger partial charge < -0.3 is 25.8 Å². The Morgan fingerprint density at radius 3 is 2.17 bits per heavy atom. The Kier molecular flexibility index (Phi) is 14.1. The molecule has 46 heavy (non-hydrogen) atoms. The first-order chi connectivity index (χ1) is 21.4. The molecule has 0 saturated carbocycles. The summed E-state index contributed by atoms with van der Waals surface area (Å²) in [5.41, 5.74) is 7.56. The number of rotatable bonds is 11. The normalized spacial score (nSPS) is 16.1. The van der Waals surface area contributed by atoms with Gasteiger partial charge in [-0.3, -0.25) is 19.2 Å². The minimum Gasteiger partial charge on any atom is -0.480 e. The van der Waals surface area contributed by atoms with Crippen LogP contribution in [0.2, 0.25) is 0 Å². The predicted octanol–water partition coefficient (Wildman–Crippen LogP) is 4.43. The van der Waals surface area contributed by atoms with Gasteiger partial charge in [0.25, 0.3) is 5.91 Å². The van der Waals surface area contributed by atoms with Crippen LogP contribution < -0.4 is 20.7 Å². The van der Waals surface area contributed by atoms with Crippen molar-refractivity contribution in [2.24, 2.45) is 16.6 Å². The zero-order valence-corrected chi connectivity index (χ0v) is 25.5. The fraction of sp³-hybridized carbons (Fsp3) is 0.414. The van der Waals surface area contributed by atoms with Crippen molar-refractivity contribution in [3.8, 4) is 0 Å². The number of carboxylic acid groups (broad SMARTS) is 1. The minimum absolute atomic E-state index is 0.194. The zero-order chi connectivity index (χ0) is 34.7. The Labute approximate surface area is 264 Å². The van der Waals surface area contributed by atoms with Crippen molar-refractivity contribution >= 4 is 47.0 Å². The maximum Gasteiger partial charge on any atom is 0.389 e. The van der Waals surface area contributed by atoms with E-state index < -0.39 is 79.9 Å². The number of carbonyl (C=O) groups excluding carboxylic acids is 3. The third-order valence-electron chi connectivity index (χ3n) is 6.42. The van der Waals surface area contributed by atoms with Crippen molar-refractivity contribution in [1.29, 1.82) is 0 Å². The SMILES string of the molecule is CCC(F)(F)F.CN1C(=O)C(NC(=O)C(CCC(F)(F)F)CC(=O)NSCC(N)C(=O)O)N=C(c2ccccc2)c2ccccc21. The van der Waals surface area contributed by atoms with Gasteiger partial charge in [-0.15, -0.1) is 0 Å². The summed E-state index contributed by atoms with van der Waals surface area (Å²) >= 11 is 0.663. The smallest absolute Gasteiger partial charge is 0.389 e. The van der Waals surface area contributed by atoms with E-state index in [1.807, 2.05) is 0 Å². The Morgan fingerprint density at radius 1 is 1.02 bits per heavy atom. The van der Waals surface area contributed by atoms with Gasteiger partial charge in [0.15, 0.2) is 0 Å². The van der Waals surface area contributed by atoms with Gasteiger partial charge in [-0.2, -0.15) is 26.3 Å². The maximum atomic E-state index is 13.3. The van der Waals surface area contributed by atoms with Crippen LogP contribution in [0.3, 0.4) is 0 Å². The summed E-state index contributed by atoms with van der Waals surface area (Å²) in [4.78, 5) is 55.6. The molecular weight excluding hydrogens is 644 g/mol. The van der Waals surface area contributed by atoms with Crippen LogP contribution in [-0.4, -0.2) is 71.9 Å². The average Bonchev–Trinajstić information content (AvgIpc) is 3.09. The third-order valence-corrected chi connectivity index (χ3v) is 7.31. The lowest BCUT2D eigenvalue weighted by molar-refractivity contribution is -0.144. The Balaban J connectivity index is 0.00000112. The fourth-order valence-electron chi connectivity index (χ4n) is 3.91. The zero-order valence-electron chi connectivity index (χ0n) is 24.7. The van der Waals surface area contributed by atoms with E-state index in [9.17, 15) is 45.5 Å². The van der Waals surface area contributed by atoms with Gasteiger partial charge in [0.2, 0.25) is 18.0 Å². The number of nitrogens with two attached hydrogens (primary N) is 1. The minimum atomic E-state index is -4.59. The molecule has 0 aromatic heterocycles. The Hall–Kier alpha value is -4.12. The summed E-state index contributed by atoms with van der Waals surface area (Å²) in [6.07, 6.45) is -13.4. The van der Waals surface area contributed by atoms with Gasteiger partial charge in [0.1, 0.15) is 6.04 Å². The fourth-order valence-corrected chi connectivity index (χ4v) is 4.56. The van der Waals surface area contributed by atoms with Crippen molar-refractivity contribution in [1.82, 2.24) is 10.0 Å². The molecule has 10 nitrogen and oxygen atoms in total. The molecule has 0 radical (unpaired) electrons. The molecule has 1 aliphatic rings. The molecule has 5 N–H and O–H groups in total. The second kappa shape index (κ2) is 17.0. The quantitative estimate of drug-likeness (QED) is 0.203. The van der Waals surface area contributed by atoms with Crippen LogP contribution in [0.25, 0.3) is 0 Å². The molecule has 252 valence electrons. The Morgan fingerprint density at radius 2 is 1.61 bits per heavy atom. The molecule has 2 aromatic rings. The number of hydrogen-bond donors (Lipinski definition) is 4. The van der Waals surface area contributed by atoms with Crippen molar-refractivity contribution in [2.75, 3.05) is 17.7 Å². The first-order valence-electron chi connectivity index (χ1n) is 13.8. The number of aliphatic imine (C=N–C) groups is 1. The highest BCUT2D eigenvalue weighted by Gasteiger charge is 2.35. The molecule has 3 amide bonds. The van der Waals surface area contributed by atoms with E-state index in [2.05, 4.69) is 15.0 Å². The third kappa shape index (κ3) is 12.3. The van der Waals surface area contributed by atoms with E-state index in [-0.39, 0.29) is 5.75 Å². The summed E-state index contributed by atoms with van der Waals surface area (Å²) in [7, 11) is 1.50. The number of benzodiazepines with no additional fused rings is 1. The monoisotopic (exact) mass is 677 g/mol. The number of benzene rings is 2.